The highest BCUT2D eigenvalue weighted by molar-refractivity contribution is 6.15. The van der Waals surface area contributed by atoms with Gasteiger partial charge < -0.3 is 9.32 Å². The standard InChI is InChI=1S/C44H29NO.C2H6/c1-2-10-30(11-3-1)31-22-26-35(27-23-31)45(41-18-8-13-34-21-20-32-12-4-5-14-37(32)43(34)41)36-28-24-33(25-29-36)38-16-9-17-40-39-15-6-7-19-42(39)46-44(38)40;1-2/h1-29H;1-2H3. The molecule has 2 nitrogen and oxygen atoms in total. The predicted molar refractivity (Wildman–Crippen MR) is 206 cm³/mol. The zero-order valence-electron chi connectivity index (χ0n) is 27.1. The lowest BCUT2D eigenvalue weighted by Gasteiger charge is -2.28. The lowest BCUT2D eigenvalue weighted by atomic mass is 9.98. The highest BCUT2D eigenvalue weighted by Gasteiger charge is 2.18. The maximum absolute atomic E-state index is 6.38. The molecule has 0 radical (unpaired) electrons. The van der Waals surface area contributed by atoms with Crippen LogP contribution >= 0.6 is 0 Å². The van der Waals surface area contributed by atoms with Crippen LogP contribution in [0.5, 0.6) is 0 Å². The smallest absolute Gasteiger partial charge is 0.143 e. The number of benzene rings is 8. The number of rotatable bonds is 5. The highest BCUT2D eigenvalue weighted by Crippen LogP contribution is 2.43. The number of anilines is 3. The molecule has 0 bridgehead atoms. The van der Waals surface area contributed by atoms with Gasteiger partial charge in [0.1, 0.15) is 11.2 Å². The molecule has 0 saturated heterocycles. The van der Waals surface area contributed by atoms with Gasteiger partial charge in [-0.2, -0.15) is 0 Å². The normalized spacial score (nSPS) is 11.1. The first-order valence-corrected chi connectivity index (χ1v) is 16.7. The Balaban J connectivity index is 0.00000165. The third-order valence-electron chi connectivity index (χ3n) is 9.06. The molecule has 9 aromatic rings. The molecule has 1 aromatic heterocycles. The van der Waals surface area contributed by atoms with Crippen molar-refractivity contribution in [3.05, 3.63) is 176 Å². The summed E-state index contributed by atoms with van der Waals surface area (Å²) < 4.78 is 6.38. The fourth-order valence-corrected chi connectivity index (χ4v) is 6.85. The van der Waals surface area contributed by atoms with E-state index in [1.165, 1.54) is 32.7 Å². The Labute approximate surface area is 281 Å². The van der Waals surface area contributed by atoms with E-state index in [-0.39, 0.29) is 0 Å². The van der Waals surface area contributed by atoms with Crippen molar-refractivity contribution in [3.8, 4) is 22.3 Å². The van der Waals surface area contributed by atoms with E-state index in [1.807, 2.05) is 26.0 Å². The first-order chi connectivity index (χ1) is 23.8. The van der Waals surface area contributed by atoms with Gasteiger partial charge in [0.05, 0.1) is 5.69 Å². The van der Waals surface area contributed by atoms with E-state index in [0.29, 0.717) is 0 Å². The van der Waals surface area contributed by atoms with E-state index in [1.54, 1.807) is 0 Å². The van der Waals surface area contributed by atoms with Crippen LogP contribution in [0.3, 0.4) is 0 Å². The molecule has 0 aliphatic heterocycles. The second-order valence-electron chi connectivity index (χ2n) is 11.7. The maximum atomic E-state index is 6.38. The average molecular weight is 618 g/mol. The Kier molecular flexibility index (Phi) is 7.68. The summed E-state index contributed by atoms with van der Waals surface area (Å²) in [5, 5.41) is 7.22. The van der Waals surface area contributed by atoms with Gasteiger partial charge in [0.2, 0.25) is 0 Å². The summed E-state index contributed by atoms with van der Waals surface area (Å²) >= 11 is 0. The second-order valence-corrected chi connectivity index (χ2v) is 11.7. The first kappa shape index (κ1) is 29.3. The monoisotopic (exact) mass is 617 g/mol. The zero-order valence-corrected chi connectivity index (χ0v) is 27.1. The molecule has 2 heteroatoms. The highest BCUT2D eigenvalue weighted by atomic mass is 16.3. The molecule has 0 aliphatic carbocycles. The topological polar surface area (TPSA) is 16.4 Å². The summed E-state index contributed by atoms with van der Waals surface area (Å²) in [4.78, 5) is 2.38. The molecule has 230 valence electrons. The van der Waals surface area contributed by atoms with E-state index in [0.717, 1.165) is 50.1 Å². The number of para-hydroxylation sites is 2. The molecule has 0 aliphatic rings. The minimum absolute atomic E-state index is 0.912. The number of hydrogen-bond acceptors (Lipinski definition) is 2. The third-order valence-corrected chi connectivity index (χ3v) is 9.06. The van der Waals surface area contributed by atoms with E-state index in [4.69, 9.17) is 4.42 Å². The van der Waals surface area contributed by atoms with Crippen LogP contribution < -0.4 is 4.90 Å². The quantitative estimate of drug-likeness (QED) is 0.179. The summed E-state index contributed by atoms with van der Waals surface area (Å²) in [7, 11) is 0. The van der Waals surface area contributed by atoms with Crippen molar-refractivity contribution in [1.29, 1.82) is 0 Å². The van der Waals surface area contributed by atoms with Crippen LogP contribution in [0.25, 0.3) is 65.7 Å². The van der Waals surface area contributed by atoms with E-state index < -0.39 is 0 Å². The SMILES string of the molecule is CC.c1ccc(-c2ccc(N(c3ccc(-c4cccc5c4oc4ccccc45)cc3)c3cccc4ccc5ccccc5c34)cc2)cc1. The van der Waals surface area contributed by atoms with Gasteiger partial charge in [-0.05, 0) is 69.2 Å². The van der Waals surface area contributed by atoms with E-state index in [2.05, 4.69) is 169 Å². The van der Waals surface area contributed by atoms with Gasteiger partial charge in [0.25, 0.3) is 0 Å². The van der Waals surface area contributed by atoms with Crippen LogP contribution in [0.1, 0.15) is 13.8 Å². The lowest BCUT2D eigenvalue weighted by molar-refractivity contribution is 0.670. The molecule has 0 amide bonds. The van der Waals surface area contributed by atoms with Gasteiger partial charge in [-0.3, -0.25) is 0 Å². The molecule has 0 N–H and O–H groups in total. The van der Waals surface area contributed by atoms with Crippen molar-refractivity contribution < 1.29 is 4.42 Å². The molecule has 0 unspecified atom stereocenters. The van der Waals surface area contributed by atoms with Crippen LogP contribution in [0.4, 0.5) is 17.1 Å². The van der Waals surface area contributed by atoms with Gasteiger partial charge in [-0.25, -0.2) is 0 Å². The minimum atomic E-state index is 0.912. The Morgan fingerprint density at radius 3 is 1.73 bits per heavy atom. The fraction of sp³-hybridized carbons (Fsp3) is 0.0435. The molecule has 0 atom stereocenters. The molecule has 0 fully saturated rings. The molecule has 48 heavy (non-hydrogen) atoms. The number of furan rings is 1. The molecule has 1 heterocycles. The van der Waals surface area contributed by atoms with Crippen molar-refractivity contribution in [2.45, 2.75) is 13.8 Å². The Bertz CT molecular complexity index is 2510. The maximum Gasteiger partial charge on any atom is 0.143 e. The molecule has 0 saturated carbocycles. The van der Waals surface area contributed by atoms with Crippen molar-refractivity contribution in [1.82, 2.24) is 0 Å². The van der Waals surface area contributed by atoms with Gasteiger partial charge >= 0.3 is 0 Å². The van der Waals surface area contributed by atoms with Crippen LogP contribution in [0.2, 0.25) is 0 Å². The summed E-state index contributed by atoms with van der Waals surface area (Å²) in [6, 6.07) is 62.7. The van der Waals surface area contributed by atoms with Crippen LogP contribution in [-0.4, -0.2) is 0 Å². The van der Waals surface area contributed by atoms with Crippen molar-refractivity contribution in [2.24, 2.45) is 0 Å². The number of nitrogens with zero attached hydrogens (tertiary/aromatic N) is 1. The van der Waals surface area contributed by atoms with E-state index in [9.17, 15) is 0 Å². The largest absolute Gasteiger partial charge is 0.455 e. The van der Waals surface area contributed by atoms with Crippen LogP contribution in [-0.2, 0) is 0 Å². The Morgan fingerprint density at radius 2 is 0.958 bits per heavy atom. The summed E-state index contributed by atoms with van der Waals surface area (Å²) in [6.07, 6.45) is 0. The van der Waals surface area contributed by atoms with Crippen molar-refractivity contribution >= 4 is 60.5 Å². The number of hydrogen-bond donors (Lipinski definition) is 0. The average Bonchev–Trinajstić information content (AvgIpc) is 3.56. The van der Waals surface area contributed by atoms with Crippen molar-refractivity contribution in [3.63, 3.8) is 0 Å². The second kappa shape index (κ2) is 12.6. The molecular formula is C46H35NO. The lowest BCUT2D eigenvalue weighted by Crippen LogP contribution is -2.10. The first-order valence-electron chi connectivity index (χ1n) is 16.7. The molecule has 8 aromatic carbocycles. The Morgan fingerprint density at radius 1 is 0.396 bits per heavy atom. The predicted octanol–water partition coefficient (Wildman–Crippen LogP) is 13.7. The van der Waals surface area contributed by atoms with Gasteiger partial charge in [0, 0.05) is 33.1 Å². The summed E-state index contributed by atoms with van der Waals surface area (Å²) in [5.41, 5.74) is 9.80. The number of fused-ring (bicyclic) bond motifs is 6. The third kappa shape index (κ3) is 5.09. The molecule has 9 rings (SSSR count). The van der Waals surface area contributed by atoms with Crippen LogP contribution in [0.15, 0.2) is 180 Å². The van der Waals surface area contributed by atoms with Crippen LogP contribution in [0, 0.1) is 0 Å². The fourth-order valence-electron chi connectivity index (χ4n) is 6.85. The van der Waals surface area contributed by atoms with Gasteiger partial charge in [-0.1, -0.05) is 153 Å². The van der Waals surface area contributed by atoms with Crippen molar-refractivity contribution in [2.75, 3.05) is 4.90 Å². The molecule has 0 spiro atoms. The van der Waals surface area contributed by atoms with Gasteiger partial charge in [-0.15, -0.1) is 0 Å². The summed E-state index contributed by atoms with van der Waals surface area (Å²) in [6.45, 7) is 4.00. The van der Waals surface area contributed by atoms with Gasteiger partial charge in [0.15, 0.2) is 0 Å². The summed E-state index contributed by atoms with van der Waals surface area (Å²) in [5.74, 6) is 0. The minimum Gasteiger partial charge on any atom is -0.455 e. The van der Waals surface area contributed by atoms with E-state index >= 15 is 0 Å². The Hall–Kier alpha value is -6.12. The molecular weight excluding hydrogens is 583 g/mol. The zero-order chi connectivity index (χ0) is 32.5.